The molecular weight excluding hydrogens is 800 g/mol. The first-order valence-electron chi connectivity index (χ1n) is 14.1. The van der Waals surface area contributed by atoms with Crippen molar-refractivity contribution >= 4 is 56.1 Å². The van der Waals surface area contributed by atoms with Crippen molar-refractivity contribution in [3.63, 3.8) is 0 Å². The van der Waals surface area contributed by atoms with Crippen LogP contribution < -0.4 is 10.2 Å². The zero-order valence-corrected chi connectivity index (χ0v) is 27.0. The summed E-state index contributed by atoms with van der Waals surface area (Å²) in [6, 6.07) is 25.2. The first kappa shape index (κ1) is 31.3. The molecule has 4 aromatic carbocycles. The molecule has 14 heteroatoms. The van der Waals surface area contributed by atoms with Crippen molar-refractivity contribution in [1.29, 1.82) is 0 Å². The van der Waals surface area contributed by atoms with E-state index in [0.29, 0.717) is 45.5 Å². The fraction of sp³-hybridized carbons (Fsp3) is 0. The van der Waals surface area contributed by atoms with Gasteiger partial charge in [0, 0.05) is 54.9 Å². The Morgan fingerprint density at radius 2 is 0.854 bits per heavy atom. The third kappa shape index (κ3) is 4.70. The van der Waals surface area contributed by atoms with Gasteiger partial charge >= 0.3 is 44.8 Å². The van der Waals surface area contributed by atoms with Crippen LogP contribution in [0.2, 0.25) is 0 Å². The van der Waals surface area contributed by atoms with E-state index in [2.05, 4.69) is 9.97 Å². The molecule has 0 radical (unpaired) electrons. The maximum Gasteiger partial charge on any atom is 1.00 e. The van der Waals surface area contributed by atoms with Gasteiger partial charge in [-0.1, -0.05) is 78.9 Å². The standard InChI is InChI=1S/C34H18N8O4.2Ag/c43-33(44)22-14-13-21-23(24(22)34(45)46)32-41-30-20-12-6-5-11-19(20)28(39-30)37-26-16-8-2-1-7-15(16)25(35-26)36-27-17-9-3-4-10-18(17)29(38-27)40-31(21)42-32;;/h1-14H,(H,43,44)(H,45,46)(H2,35,36,37,38,39,40,41,42);;/q;2*+1/p-2. The van der Waals surface area contributed by atoms with Gasteiger partial charge < -0.3 is 29.8 Å². The molecule has 2 aliphatic heterocycles. The predicted molar refractivity (Wildman–Crippen MR) is 165 cm³/mol. The smallest absolute Gasteiger partial charge is 0.545 e. The number of nitrogens with zero attached hydrogens (tertiary/aromatic N) is 6. The quantitative estimate of drug-likeness (QED) is 0.244. The van der Waals surface area contributed by atoms with Gasteiger partial charge in [-0.15, -0.1) is 0 Å². The number of H-pyrrole nitrogens is 2. The van der Waals surface area contributed by atoms with Crippen LogP contribution in [0.5, 0.6) is 0 Å². The summed E-state index contributed by atoms with van der Waals surface area (Å²) in [6.45, 7) is 0. The van der Waals surface area contributed by atoms with E-state index in [-0.39, 0.29) is 72.7 Å². The van der Waals surface area contributed by atoms with Crippen LogP contribution in [0.3, 0.4) is 0 Å². The minimum atomic E-state index is -1.71. The normalized spacial score (nSPS) is 11.3. The summed E-state index contributed by atoms with van der Waals surface area (Å²) in [5.74, 6) is -2.05. The van der Waals surface area contributed by atoms with Gasteiger partial charge in [-0.25, -0.2) is 29.9 Å². The Balaban J connectivity index is 0.00000182. The average Bonchev–Trinajstić information content (AvgIpc) is 3.80. The van der Waals surface area contributed by atoms with E-state index in [9.17, 15) is 19.8 Å². The summed E-state index contributed by atoms with van der Waals surface area (Å²) in [5, 5.41) is 26.4. The zero-order chi connectivity index (χ0) is 31.1. The molecule has 5 heterocycles. The number of carboxylic acids is 2. The molecule has 0 aliphatic carbocycles. The fourth-order valence-electron chi connectivity index (χ4n) is 6.11. The molecule has 2 N–H and O–H groups in total. The summed E-state index contributed by atoms with van der Waals surface area (Å²) < 4.78 is 0. The fourth-order valence-corrected chi connectivity index (χ4v) is 6.11. The number of carbonyl (C=O) groups is 2. The average molecular weight is 816 g/mol. The number of fused-ring (bicyclic) bond motifs is 20. The number of aromatic nitrogens is 8. The molecule has 0 fully saturated rings. The molecule has 0 atom stereocenters. The van der Waals surface area contributed by atoms with Gasteiger partial charge in [0.1, 0.15) is 22.6 Å². The maximum atomic E-state index is 12.5. The van der Waals surface area contributed by atoms with Crippen LogP contribution in [0.25, 0.3) is 89.7 Å². The summed E-state index contributed by atoms with van der Waals surface area (Å²) >= 11 is 0. The van der Waals surface area contributed by atoms with E-state index in [4.69, 9.17) is 29.9 Å². The largest absolute Gasteiger partial charge is 1.00 e. The third-order valence-electron chi connectivity index (χ3n) is 8.14. The third-order valence-corrected chi connectivity index (χ3v) is 8.14. The second kappa shape index (κ2) is 11.7. The van der Waals surface area contributed by atoms with Crippen LogP contribution in [0.1, 0.15) is 20.7 Å². The van der Waals surface area contributed by atoms with Crippen molar-refractivity contribution < 1.29 is 64.6 Å². The second-order valence-electron chi connectivity index (χ2n) is 10.7. The van der Waals surface area contributed by atoms with Gasteiger partial charge in [-0.2, -0.15) is 0 Å². The molecule has 0 spiro atoms. The second-order valence-corrected chi connectivity index (χ2v) is 10.7. The van der Waals surface area contributed by atoms with Crippen LogP contribution in [0.15, 0.2) is 84.9 Å². The molecular formula is C34H16Ag2N8O4. The van der Waals surface area contributed by atoms with Gasteiger partial charge in [0.15, 0.2) is 23.3 Å². The van der Waals surface area contributed by atoms with Crippen LogP contribution in [0.4, 0.5) is 0 Å². The van der Waals surface area contributed by atoms with Crippen LogP contribution in [-0.4, -0.2) is 51.8 Å². The number of carboxylic acid groups (broad SMARTS) is 2. The van der Waals surface area contributed by atoms with Crippen molar-refractivity contribution in [1.82, 2.24) is 39.9 Å². The Morgan fingerprint density at radius 3 is 1.29 bits per heavy atom. The van der Waals surface area contributed by atoms with E-state index in [0.717, 1.165) is 22.4 Å². The molecule has 12 nitrogen and oxygen atoms in total. The Hall–Kier alpha value is -5.34. The number of hydrogen-bond donors (Lipinski definition) is 2. The van der Waals surface area contributed by atoms with Gasteiger partial charge in [0.05, 0.1) is 11.9 Å². The summed E-state index contributed by atoms with van der Waals surface area (Å²) in [5.41, 5.74) is 2.96. The van der Waals surface area contributed by atoms with Crippen molar-refractivity contribution in [3.05, 3.63) is 96.1 Å². The molecule has 0 unspecified atom stereocenters. The Morgan fingerprint density at radius 1 is 0.458 bits per heavy atom. The van der Waals surface area contributed by atoms with Crippen molar-refractivity contribution in [3.8, 4) is 45.6 Å². The number of hydrogen-bond acceptors (Lipinski definition) is 10. The van der Waals surface area contributed by atoms with Crippen molar-refractivity contribution in [2.45, 2.75) is 0 Å². The van der Waals surface area contributed by atoms with Crippen molar-refractivity contribution in [2.24, 2.45) is 0 Å². The van der Waals surface area contributed by atoms with Crippen LogP contribution >= 0.6 is 0 Å². The number of aromatic amines is 2. The SMILES string of the molecule is O=C([O-])c1ccc2c3nc4nc(nc5[nH]c(nc6nc(nc([nH]3)c2c1C(=O)[O-])-c1ccccc1-6)c1ccccc51)-c1ccccc1-4.[Ag+].[Ag+]. The number of rotatable bonds is 2. The van der Waals surface area contributed by atoms with Crippen LogP contribution in [-0.2, 0) is 44.8 Å². The Bertz CT molecular complexity index is 2680. The molecule has 9 rings (SSSR count). The summed E-state index contributed by atoms with van der Waals surface area (Å²) in [4.78, 5) is 59.8. The molecule has 2 aliphatic rings. The first-order valence-corrected chi connectivity index (χ1v) is 14.1. The van der Waals surface area contributed by atoms with Gasteiger partial charge in [-0.05, 0) is 6.07 Å². The molecule has 8 bridgehead atoms. The molecule has 3 aromatic heterocycles. The minimum absolute atomic E-state index is 0. The molecule has 238 valence electrons. The van der Waals surface area contributed by atoms with E-state index < -0.39 is 23.1 Å². The van der Waals surface area contributed by atoms with E-state index in [1.54, 1.807) is 0 Å². The van der Waals surface area contributed by atoms with Crippen molar-refractivity contribution in [2.75, 3.05) is 0 Å². The molecule has 0 saturated heterocycles. The van der Waals surface area contributed by atoms with Crippen LogP contribution in [0, 0.1) is 0 Å². The van der Waals surface area contributed by atoms with Gasteiger partial charge in [0.2, 0.25) is 0 Å². The topological polar surface area (TPSA) is 189 Å². The Kier molecular flexibility index (Phi) is 7.63. The number of aromatic carboxylic acids is 2. The predicted octanol–water partition coefficient (Wildman–Crippen LogP) is 3.59. The van der Waals surface area contributed by atoms with E-state index in [1.807, 2.05) is 72.8 Å². The molecule has 0 amide bonds. The maximum absolute atomic E-state index is 12.5. The zero-order valence-electron chi connectivity index (χ0n) is 24.0. The van der Waals surface area contributed by atoms with Gasteiger partial charge in [0.25, 0.3) is 0 Å². The molecule has 0 saturated carbocycles. The summed E-state index contributed by atoms with van der Waals surface area (Å²) in [6.07, 6.45) is 0. The van der Waals surface area contributed by atoms with E-state index >= 15 is 0 Å². The number of carbonyl (C=O) groups excluding carboxylic acids is 2. The van der Waals surface area contributed by atoms with E-state index in [1.165, 1.54) is 6.07 Å². The monoisotopic (exact) mass is 814 g/mol. The number of benzene rings is 4. The molecule has 48 heavy (non-hydrogen) atoms. The summed E-state index contributed by atoms with van der Waals surface area (Å²) in [7, 11) is 0. The first-order chi connectivity index (χ1) is 22.4. The molecule has 7 aromatic rings. The number of nitrogens with one attached hydrogen (secondary N) is 2. The Labute approximate surface area is 300 Å². The van der Waals surface area contributed by atoms with Gasteiger partial charge in [-0.3, -0.25) is 0 Å². The minimum Gasteiger partial charge on any atom is -0.545 e.